The van der Waals surface area contributed by atoms with E-state index in [1.165, 1.54) is 5.56 Å². The third-order valence-electron chi connectivity index (χ3n) is 3.61. The van der Waals surface area contributed by atoms with Crippen LogP contribution in [-0.2, 0) is 16.0 Å². The van der Waals surface area contributed by atoms with Gasteiger partial charge in [0, 0.05) is 0 Å². The molecule has 1 fully saturated rings. The van der Waals surface area contributed by atoms with Gasteiger partial charge in [0.2, 0.25) is 5.91 Å². The fourth-order valence-electron chi connectivity index (χ4n) is 2.13. The number of carboxylic acid groups (broad SMARTS) is 1. The fourth-order valence-corrected chi connectivity index (χ4v) is 2.13. The second kappa shape index (κ2) is 5.43. The molecule has 0 bridgehead atoms. The number of aryl methyl sites for hydroxylation is 2. The largest absolute Gasteiger partial charge is 0.480 e. The third-order valence-corrected chi connectivity index (χ3v) is 3.61. The maximum Gasteiger partial charge on any atom is 0.326 e. The zero-order chi connectivity index (χ0) is 14.0. The summed E-state index contributed by atoms with van der Waals surface area (Å²) in [6.45, 7) is 4.02. The monoisotopic (exact) mass is 261 g/mol. The molecule has 0 heterocycles. The third kappa shape index (κ3) is 3.56. The Labute approximate surface area is 112 Å². The van der Waals surface area contributed by atoms with Crippen molar-refractivity contribution in [3.8, 4) is 0 Å². The number of benzene rings is 1. The van der Waals surface area contributed by atoms with Gasteiger partial charge in [0.1, 0.15) is 6.04 Å². The molecule has 1 atom stereocenters. The van der Waals surface area contributed by atoms with Crippen molar-refractivity contribution in [3.05, 3.63) is 34.9 Å². The highest BCUT2D eigenvalue weighted by molar-refractivity contribution is 5.85. The molecule has 0 aliphatic heterocycles. The first kappa shape index (κ1) is 13.6. The van der Waals surface area contributed by atoms with Crippen molar-refractivity contribution in [2.24, 2.45) is 5.92 Å². The van der Waals surface area contributed by atoms with Crippen LogP contribution in [0.15, 0.2) is 18.2 Å². The van der Waals surface area contributed by atoms with Crippen molar-refractivity contribution in [1.29, 1.82) is 0 Å². The van der Waals surface area contributed by atoms with Gasteiger partial charge in [0.15, 0.2) is 0 Å². The van der Waals surface area contributed by atoms with Crippen LogP contribution >= 0.6 is 0 Å². The van der Waals surface area contributed by atoms with Crippen molar-refractivity contribution in [3.63, 3.8) is 0 Å². The van der Waals surface area contributed by atoms with Crippen LogP contribution in [-0.4, -0.2) is 23.0 Å². The van der Waals surface area contributed by atoms with Crippen LogP contribution in [0, 0.1) is 19.8 Å². The molecule has 4 nitrogen and oxygen atoms in total. The van der Waals surface area contributed by atoms with Gasteiger partial charge in [-0.05, 0) is 49.3 Å². The summed E-state index contributed by atoms with van der Waals surface area (Å²) in [5.41, 5.74) is 3.24. The summed E-state index contributed by atoms with van der Waals surface area (Å²) in [5.74, 6) is -1.04. The van der Waals surface area contributed by atoms with E-state index in [2.05, 4.69) is 5.32 Å². The molecule has 0 aromatic heterocycles. The van der Waals surface area contributed by atoms with Gasteiger partial charge in [-0.3, -0.25) is 4.79 Å². The van der Waals surface area contributed by atoms with Crippen molar-refractivity contribution >= 4 is 11.9 Å². The van der Waals surface area contributed by atoms with E-state index in [0.29, 0.717) is 0 Å². The zero-order valence-electron chi connectivity index (χ0n) is 11.3. The number of rotatable bonds is 5. The van der Waals surface area contributed by atoms with Crippen LogP contribution in [0.3, 0.4) is 0 Å². The maximum atomic E-state index is 11.9. The Morgan fingerprint density at radius 3 is 2.53 bits per heavy atom. The van der Waals surface area contributed by atoms with Gasteiger partial charge >= 0.3 is 5.97 Å². The summed E-state index contributed by atoms with van der Waals surface area (Å²) in [6.07, 6.45) is 2.01. The Balaban J connectivity index is 1.96. The molecule has 1 aliphatic rings. The number of amides is 1. The second-order valence-corrected chi connectivity index (χ2v) is 5.32. The molecule has 2 N–H and O–H groups in total. The average molecular weight is 261 g/mol. The summed E-state index contributed by atoms with van der Waals surface area (Å²) >= 11 is 0. The molecule has 1 amide bonds. The summed E-state index contributed by atoms with van der Waals surface area (Å²) in [5, 5.41) is 11.7. The predicted octanol–water partition coefficient (Wildman–Crippen LogP) is 1.83. The van der Waals surface area contributed by atoms with Gasteiger partial charge in [0.25, 0.3) is 0 Å². The van der Waals surface area contributed by atoms with Crippen LogP contribution in [0.2, 0.25) is 0 Å². The lowest BCUT2D eigenvalue weighted by Gasteiger charge is -2.13. The highest BCUT2D eigenvalue weighted by Crippen LogP contribution is 2.32. The molecule has 19 heavy (non-hydrogen) atoms. The molecular formula is C15H19NO3. The van der Waals surface area contributed by atoms with Gasteiger partial charge in [0.05, 0.1) is 6.42 Å². The van der Waals surface area contributed by atoms with E-state index in [4.69, 9.17) is 5.11 Å². The summed E-state index contributed by atoms with van der Waals surface area (Å²) < 4.78 is 0. The highest BCUT2D eigenvalue weighted by atomic mass is 16.4. The number of aliphatic carboxylic acids is 1. The normalized spacial score (nSPS) is 15.9. The molecule has 1 aromatic rings. The number of hydrogen-bond acceptors (Lipinski definition) is 2. The zero-order valence-corrected chi connectivity index (χ0v) is 11.3. The standard InChI is InChI=1S/C15H19NO3/c1-9-3-4-11(7-10(9)2)8-13(17)16-14(15(18)19)12-5-6-12/h3-4,7,12,14H,5-6,8H2,1-2H3,(H,16,17)(H,18,19). The Morgan fingerprint density at radius 2 is 2.00 bits per heavy atom. The smallest absolute Gasteiger partial charge is 0.326 e. The van der Waals surface area contributed by atoms with Crippen molar-refractivity contribution < 1.29 is 14.7 Å². The predicted molar refractivity (Wildman–Crippen MR) is 71.9 cm³/mol. The van der Waals surface area contributed by atoms with E-state index in [1.807, 2.05) is 32.0 Å². The number of carbonyl (C=O) groups excluding carboxylic acids is 1. The van der Waals surface area contributed by atoms with Gasteiger partial charge in [-0.2, -0.15) is 0 Å². The van der Waals surface area contributed by atoms with Crippen LogP contribution in [0.25, 0.3) is 0 Å². The maximum absolute atomic E-state index is 11.9. The molecule has 0 saturated heterocycles. The molecular weight excluding hydrogens is 242 g/mol. The molecule has 1 aliphatic carbocycles. The molecule has 1 aromatic carbocycles. The summed E-state index contributed by atoms with van der Waals surface area (Å²) in [4.78, 5) is 22.9. The SMILES string of the molecule is Cc1ccc(CC(=O)NC(C(=O)O)C2CC2)cc1C. The minimum absolute atomic E-state index is 0.112. The first-order valence-electron chi connectivity index (χ1n) is 6.55. The first-order chi connectivity index (χ1) is 8.97. The fraction of sp³-hybridized carbons (Fsp3) is 0.467. The van der Waals surface area contributed by atoms with E-state index < -0.39 is 12.0 Å². The van der Waals surface area contributed by atoms with Crippen LogP contribution in [0.1, 0.15) is 29.5 Å². The number of nitrogens with one attached hydrogen (secondary N) is 1. The summed E-state index contributed by atoms with van der Waals surface area (Å²) in [6, 6.07) is 5.14. The first-order valence-corrected chi connectivity index (χ1v) is 6.55. The molecule has 1 saturated carbocycles. The lowest BCUT2D eigenvalue weighted by molar-refractivity contribution is -0.142. The Hall–Kier alpha value is -1.84. The van der Waals surface area contributed by atoms with E-state index in [9.17, 15) is 9.59 Å². The minimum atomic E-state index is -0.934. The number of carboxylic acids is 1. The van der Waals surface area contributed by atoms with E-state index in [1.54, 1.807) is 0 Å². The topological polar surface area (TPSA) is 66.4 Å². The van der Waals surface area contributed by atoms with Crippen LogP contribution in [0.5, 0.6) is 0 Å². The van der Waals surface area contributed by atoms with Crippen LogP contribution in [0.4, 0.5) is 0 Å². The molecule has 0 spiro atoms. The van der Waals surface area contributed by atoms with Crippen molar-refractivity contribution in [2.75, 3.05) is 0 Å². The van der Waals surface area contributed by atoms with Crippen molar-refractivity contribution in [1.82, 2.24) is 5.32 Å². The molecule has 2 rings (SSSR count). The van der Waals surface area contributed by atoms with Gasteiger partial charge in [-0.15, -0.1) is 0 Å². The van der Waals surface area contributed by atoms with E-state index in [0.717, 1.165) is 24.0 Å². The molecule has 4 heteroatoms. The van der Waals surface area contributed by atoms with Gasteiger partial charge in [-0.1, -0.05) is 18.2 Å². The quantitative estimate of drug-likeness (QED) is 0.849. The summed E-state index contributed by atoms with van der Waals surface area (Å²) in [7, 11) is 0. The number of carbonyl (C=O) groups is 2. The highest BCUT2D eigenvalue weighted by Gasteiger charge is 2.37. The number of hydrogen-bond donors (Lipinski definition) is 2. The van der Waals surface area contributed by atoms with E-state index >= 15 is 0 Å². The Kier molecular flexibility index (Phi) is 3.88. The average Bonchev–Trinajstić information content (AvgIpc) is 3.14. The molecule has 102 valence electrons. The molecule has 0 radical (unpaired) electrons. The Morgan fingerprint density at radius 1 is 1.32 bits per heavy atom. The molecule has 1 unspecified atom stereocenters. The van der Waals surface area contributed by atoms with Crippen LogP contribution < -0.4 is 5.32 Å². The van der Waals surface area contributed by atoms with Gasteiger partial charge < -0.3 is 10.4 Å². The lowest BCUT2D eigenvalue weighted by atomic mass is 10.0. The van der Waals surface area contributed by atoms with Gasteiger partial charge in [-0.25, -0.2) is 4.79 Å². The van der Waals surface area contributed by atoms with Crippen molar-refractivity contribution in [2.45, 2.75) is 39.2 Å². The minimum Gasteiger partial charge on any atom is -0.480 e. The van der Waals surface area contributed by atoms with E-state index in [-0.39, 0.29) is 18.2 Å². The Bertz CT molecular complexity index is 506. The second-order valence-electron chi connectivity index (χ2n) is 5.32. The lowest BCUT2D eigenvalue weighted by Crippen LogP contribution is -2.43.